The van der Waals surface area contributed by atoms with Gasteiger partial charge in [-0.05, 0) is 67.5 Å². The van der Waals surface area contributed by atoms with E-state index in [9.17, 15) is 8.78 Å². The predicted octanol–water partition coefficient (Wildman–Crippen LogP) is 4.72. The van der Waals surface area contributed by atoms with Crippen molar-refractivity contribution >= 4 is 22.7 Å². The Kier molecular flexibility index (Phi) is 4.17. The normalized spacial score (nSPS) is 25.1. The molecule has 3 aromatic heterocycles. The van der Waals surface area contributed by atoms with Crippen molar-refractivity contribution in [2.24, 2.45) is 17.3 Å². The fourth-order valence-corrected chi connectivity index (χ4v) is 6.40. The highest BCUT2D eigenvalue weighted by molar-refractivity contribution is 5.78. The fraction of sp³-hybridized carbons (Fsp3) is 0.444. The summed E-state index contributed by atoms with van der Waals surface area (Å²) < 4.78 is 35.7. The first-order valence-corrected chi connectivity index (χ1v) is 13.0. The molecule has 2 unspecified atom stereocenters. The summed E-state index contributed by atoms with van der Waals surface area (Å²) in [5.74, 6) is -2.11. The van der Waals surface area contributed by atoms with Gasteiger partial charge in [-0.3, -0.25) is 0 Å². The number of piperidine rings is 2. The number of aromatic nitrogens is 4. The van der Waals surface area contributed by atoms with Crippen molar-refractivity contribution in [1.29, 1.82) is 0 Å². The number of benzene rings is 1. The monoisotopic (exact) mass is 503 g/mol. The molecule has 2 saturated carbocycles. The lowest BCUT2D eigenvalue weighted by Crippen LogP contribution is -2.34. The second-order valence-electron chi connectivity index (χ2n) is 11.2. The Bertz CT molecular complexity index is 1520. The molecule has 0 amide bonds. The van der Waals surface area contributed by atoms with E-state index in [0.29, 0.717) is 36.0 Å². The molecule has 8 nitrogen and oxygen atoms in total. The number of hydrogen-bond donors (Lipinski definition) is 1. The molecule has 5 heterocycles. The number of anilines is 3. The molecule has 37 heavy (non-hydrogen) atoms. The fourth-order valence-electron chi connectivity index (χ4n) is 6.40. The number of nitrogens with zero attached hydrogens (tertiary/aromatic N) is 6. The van der Waals surface area contributed by atoms with Crippen LogP contribution in [0.3, 0.4) is 0 Å². The van der Waals surface area contributed by atoms with Gasteiger partial charge in [-0.1, -0.05) is 0 Å². The summed E-state index contributed by atoms with van der Waals surface area (Å²) in [6.07, 6.45) is 6.81. The molecule has 190 valence electrons. The van der Waals surface area contributed by atoms with Crippen molar-refractivity contribution in [3.05, 3.63) is 42.6 Å². The van der Waals surface area contributed by atoms with Crippen molar-refractivity contribution in [2.75, 3.05) is 41.7 Å². The van der Waals surface area contributed by atoms with Crippen LogP contribution in [0.25, 0.3) is 28.4 Å². The van der Waals surface area contributed by atoms with Crippen LogP contribution in [-0.2, 0) is 0 Å². The van der Waals surface area contributed by atoms with Crippen molar-refractivity contribution < 1.29 is 13.2 Å². The van der Waals surface area contributed by atoms with Crippen LogP contribution < -0.4 is 15.5 Å². The number of nitrogen functional groups attached to an aromatic ring is 1. The second kappa shape index (κ2) is 7.20. The number of nitrogens with two attached hydrogens (primary N) is 1. The lowest BCUT2D eigenvalue weighted by atomic mass is 9.93. The third kappa shape index (κ3) is 3.27. The van der Waals surface area contributed by atoms with Crippen LogP contribution in [-0.4, -0.2) is 51.9 Å². The van der Waals surface area contributed by atoms with E-state index in [1.54, 1.807) is 10.7 Å². The molecule has 4 aromatic rings. The summed E-state index contributed by atoms with van der Waals surface area (Å²) in [4.78, 5) is 4.36. The van der Waals surface area contributed by atoms with Gasteiger partial charge in [0.25, 0.3) is 5.92 Å². The van der Waals surface area contributed by atoms with E-state index in [1.807, 2.05) is 41.3 Å². The van der Waals surface area contributed by atoms with E-state index in [4.69, 9.17) is 10.2 Å². The molecule has 2 atom stereocenters. The van der Waals surface area contributed by atoms with Crippen LogP contribution in [0.5, 0.6) is 0 Å². The van der Waals surface area contributed by atoms with Gasteiger partial charge < -0.3 is 20.0 Å². The lowest BCUT2D eigenvalue weighted by molar-refractivity contribution is 0.0796. The first-order valence-electron chi connectivity index (χ1n) is 13.0. The molecular formula is C27H27F2N7O. The second-order valence-corrected chi connectivity index (χ2v) is 11.2. The summed E-state index contributed by atoms with van der Waals surface area (Å²) >= 11 is 0. The third-order valence-electron chi connectivity index (χ3n) is 9.05. The van der Waals surface area contributed by atoms with Gasteiger partial charge in [0.1, 0.15) is 5.82 Å². The maximum atomic E-state index is 13.8. The standard InChI is InChI=1S/C27H27F2N7O/c28-27(29)20-14-35(15-21(20)27)23-12-16(11-18-3-8-31-36(18)23)24-32-33-25(37-24)19-2-1-17(30)13-22(19)34-9-6-26(4-5-26)7-10-34/h1-3,8,11-13,20-21H,4-7,9-10,14-15,30H2. The zero-order valence-electron chi connectivity index (χ0n) is 20.3. The summed E-state index contributed by atoms with van der Waals surface area (Å²) in [5.41, 5.74) is 10.9. The number of hydrogen-bond acceptors (Lipinski definition) is 7. The molecule has 2 aliphatic carbocycles. The quantitative estimate of drug-likeness (QED) is 0.403. The molecule has 2 saturated heterocycles. The first kappa shape index (κ1) is 21.4. The highest BCUT2D eigenvalue weighted by atomic mass is 19.3. The molecule has 0 radical (unpaired) electrons. The van der Waals surface area contributed by atoms with E-state index in [0.717, 1.165) is 41.2 Å². The van der Waals surface area contributed by atoms with Gasteiger partial charge in [0, 0.05) is 37.4 Å². The van der Waals surface area contributed by atoms with Crippen molar-refractivity contribution in [2.45, 2.75) is 31.6 Å². The van der Waals surface area contributed by atoms with E-state index in [-0.39, 0.29) is 0 Å². The van der Waals surface area contributed by atoms with Crippen LogP contribution >= 0.6 is 0 Å². The number of halogens is 2. The van der Waals surface area contributed by atoms with E-state index in [2.05, 4.69) is 20.2 Å². The molecule has 2 N–H and O–H groups in total. The number of pyridine rings is 1. The lowest BCUT2D eigenvalue weighted by Gasteiger charge is -2.34. The van der Waals surface area contributed by atoms with Gasteiger partial charge in [0.05, 0.1) is 34.8 Å². The Balaban J connectivity index is 1.13. The van der Waals surface area contributed by atoms with Gasteiger partial charge in [0.2, 0.25) is 11.8 Å². The Hall–Kier alpha value is -3.69. The van der Waals surface area contributed by atoms with Crippen LogP contribution in [0, 0.1) is 17.3 Å². The minimum Gasteiger partial charge on any atom is -0.416 e. The maximum Gasteiger partial charge on any atom is 0.258 e. The average Bonchev–Trinajstić information content (AvgIpc) is 3.43. The van der Waals surface area contributed by atoms with Crippen LogP contribution in [0.15, 0.2) is 47.0 Å². The van der Waals surface area contributed by atoms with Gasteiger partial charge >= 0.3 is 0 Å². The van der Waals surface area contributed by atoms with Crippen molar-refractivity contribution in [1.82, 2.24) is 19.8 Å². The SMILES string of the molecule is Nc1ccc(-c2nnc(-c3cc(N4CC5C(C4)C5(F)F)n4nccc4c3)o2)c(N2CCC3(CC2)CC3)c1. The van der Waals surface area contributed by atoms with E-state index >= 15 is 0 Å². The summed E-state index contributed by atoms with van der Waals surface area (Å²) in [7, 11) is 0. The van der Waals surface area contributed by atoms with E-state index in [1.165, 1.54) is 25.7 Å². The number of alkyl halides is 2. The molecule has 2 aliphatic heterocycles. The van der Waals surface area contributed by atoms with Crippen molar-refractivity contribution in [3.8, 4) is 22.9 Å². The number of rotatable bonds is 4. The van der Waals surface area contributed by atoms with Gasteiger partial charge in [-0.2, -0.15) is 5.10 Å². The Morgan fingerprint density at radius 3 is 2.41 bits per heavy atom. The molecule has 0 bridgehead atoms. The summed E-state index contributed by atoms with van der Waals surface area (Å²) in [6, 6.07) is 11.5. The largest absolute Gasteiger partial charge is 0.416 e. The van der Waals surface area contributed by atoms with Crippen LogP contribution in [0.2, 0.25) is 0 Å². The van der Waals surface area contributed by atoms with Crippen LogP contribution in [0.1, 0.15) is 25.7 Å². The predicted molar refractivity (Wildman–Crippen MR) is 136 cm³/mol. The topological polar surface area (TPSA) is 88.7 Å². The number of fused-ring (bicyclic) bond motifs is 2. The van der Waals surface area contributed by atoms with Gasteiger partial charge in [-0.25, -0.2) is 13.3 Å². The molecular weight excluding hydrogens is 476 g/mol. The smallest absolute Gasteiger partial charge is 0.258 e. The minimum absolute atomic E-state index is 0.317. The first-order chi connectivity index (χ1) is 17.9. The summed E-state index contributed by atoms with van der Waals surface area (Å²) in [5, 5.41) is 13.2. The van der Waals surface area contributed by atoms with Gasteiger partial charge in [-0.15, -0.1) is 10.2 Å². The average molecular weight is 504 g/mol. The van der Waals surface area contributed by atoms with Crippen molar-refractivity contribution in [3.63, 3.8) is 0 Å². The highest BCUT2D eigenvalue weighted by Crippen LogP contribution is 2.59. The Labute approximate surface area is 212 Å². The Morgan fingerprint density at radius 1 is 0.892 bits per heavy atom. The van der Waals surface area contributed by atoms with E-state index < -0.39 is 17.8 Å². The minimum atomic E-state index is -2.54. The molecule has 4 aliphatic rings. The summed E-state index contributed by atoms with van der Waals surface area (Å²) in [6.45, 7) is 2.62. The maximum absolute atomic E-state index is 13.8. The molecule has 8 rings (SSSR count). The molecule has 1 spiro atoms. The zero-order valence-corrected chi connectivity index (χ0v) is 20.3. The molecule has 10 heteroatoms. The Morgan fingerprint density at radius 2 is 1.65 bits per heavy atom. The van der Waals surface area contributed by atoms with Crippen LogP contribution in [0.4, 0.5) is 26.0 Å². The highest BCUT2D eigenvalue weighted by Gasteiger charge is 2.71. The molecule has 1 aromatic carbocycles. The van der Waals surface area contributed by atoms with Gasteiger partial charge in [0.15, 0.2) is 0 Å². The molecule has 4 fully saturated rings. The third-order valence-corrected chi connectivity index (χ3v) is 9.05. The zero-order chi connectivity index (χ0) is 24.9.